The highest BCUT2D eigenvalue weighted by atomic mass is 32.2. The number of hydrogen-bond donors (Lipinski definition) is 0. The van der Waals surface area contributed by atoms with E-state index in [-0.39, 0.29) is 5.12 Å². The average Bonchev–Trinajstić information content (AvgIpc) is 2.47. The molecular formula is C16H17NOS. The van der Waals surface area contributed by atoms with Crippen molar-refractivity contribution in [1.29, 1.82) is 5.26 Å². The van der Waals surface area contributed by atoms with Crippen molar-refractivity contribution >= 4 is 23.0 Å². The van der Waals surface area contributed by atoms with Gasteiger partial charge in [-0.1, -0.05) is 49.2 Å². The summed E-state index contributed by atoms with van der Waals surface area (Å²) in [4.78, 5) is 11.8. The number of thioether (sulfide) groups is 1. The van der Waals surface area contributed by atoms with Crippen LogP contribution in [0.2, 0.25) is 0 Å². The van der Waals surface area contributed by atoms with Crippen LogP contribution in [0.25, 0.3) is 6.08 Å². The highest BCUT2D eigenvalue weighted by Gasteiger charge is 2.16. The lowest BCUT2D eigenvalue weighted by Gasteiger charge is -2.19. The predicted molar refractivity (Wildman–Crippen MR) is 79.7 cm³/mol. The Labute approximate surface area is 118 Å². The van der Waals surface area contributed by atoms with E-state index in [0.29, 0.717) is 10.8 Å². The topological polar surface area (TPSA) is 40.9 Å². The van der Waals surface area contributed by atoms with Crippen molar-refractivity contribution in [2.45, 2.75) is 37.4 Å². The van der Waals surface area contributed by atoms with Gasteiger partial charge in [0.1, 0.15) is 0 Å². The molecule has 0 heterocycles. The monoisotopic (exact) mass is 271 g/mol. The largest absolute Gasteiger partial charge is 0.282 e. The quantitative estimate of drug-likeness (QED) is 0.775. The molecular weight excluding hydrogens is 254 g/mol. The summed E-state index contributed by atoms with van der Waals surface area (Å²) in [5.41, 5.74) is 1.59. The Morgan fingerprint density at radius 3 is 2.53 bits per heavy atom. The van der Waals surface area contributed by atoms with Gasteiger partial charge < -0.3 is 0 Å². The molecule has 0 unspecified atom stereocenters. The van der Waals surface area contributed by atoms with Gasteiger partial charge in [-0.15, -0.1) is 0 Å². The molecule has 0 aromatic heterocycles. The fourth-order valence-electron chi connectivity index (χ4n) is 2.22. The lowest BCUT2D eigenvalue weighted by Crippen LogP contribution is -2.10. The Balaban J connectivity index is 1.86. The zero-order valence-electron chi connectivity index (χ0n) is 10.8. The smallest absolute Gasteiger partial charge is 0.212 e. The highest BCUT2D eigenvalue weighted by molar-refractivity contribution is 8.14. The summed E-state index contributed by atoms with van der Waals surface area (Å²) in [5, 5.41) is 9.35. The van der Waals surface area contributed by atoms with Gasteiger partial charge in [-0.05, 0) is 36.6 Å². The molecule has 0 bridgehead atoms. The lowest BCUT2D eigenvalue weighted by molar-refractivity contribution is -0.107. The molecule has 0 spiro atoms. The molecule has 1 aromatic carbocycles. The molecule has 98 valence electrons. The molecule has 0 aliphatic heterocycles. The number of rotatable bonds is 3. The summed E-state index contributed by atoms with van der Waals surface area (Å²) < 4.78 is 0. The molecule has 0 atom stereocenters. The van der Waals surface area contributed by atoms with Gasteiger partial charge in [0, 0.05) is 5.25 Å². The first-order valence-electron chi connectivity index (χ1n) is 6.67. The summed E-state index contributed by atoms with van der Waals surface area (Å²) in [6.45, 7) is 0. The third-order valence-electron chi connectivity index (χ3n) is 3.29. The van der Waals surface area contributed by atoms with Crippen LogP contribution in [0.4, 0.5) is 0 Å². The SMILES string of the molecule is N#Cc1ccc(C=CC(=O)SC2CCCCC2)cc1. The second-order valence-corrected chi connectivity index (χ2v) is 6.07. The van der Waals surface area contributed by atoms with E-state index < -0.39 is 0 Å². The van der Waals surface area contributed by atoms with Gasteiger partial charge in [-0.2, -0.15) is 5.26 Å². The van der Waals surface area contributed by atoms with Crippen LogP contribution in [0.5, 0.6) is 0 Å². The van der Waals surface area contributed by atoms with E-state index >= 15 is 0 Å². The van der Waals surface area contributed by atoms with E-state index in [9.17, 15) is 4.79 Å². The Kier molecular flexibility index (Phi) is 5.23. The zero-order chi connectivity index (χ0) is 13.5. The molecule has 0 N–H and O–H groups in total. The van der Waals surface area contributed by atoms with Gasteiger partial charge in [0.15, 0.2) is 0 Å². The molecule has 2 nitrogen and oxygen atoms in total. The summed E-state index contributed by atoms with van der Waals surface area (Å²) in [6.07, 6.45) is 9.61. The third-order valence-corrected chi connectivity index (χ3v) is 4.46. The summed E-state index contributed by atoms with van der Waals surface area (Å²) >= 11 is 1.47. The predicted octanol–water partition coefficient (Wildman–Crippen LogP) is 4.16. The number of nitrogens with zero attached hydrogens (tertiary/aromatic N) is 1. The van der Waals surface area contributed by atoms with Crippen LogP contribution in [0.15, 0.2) is 30.3 Å². The second-order valence-electron chi connectivity index (χ2n) is 4.76. The van der Waals surface area contributed by atoms with E-state index in [0.717, 1.165) is 5.56 Å². The first-order valence-corrected chi connectivity index (χ1v) is 7.55. The van der Waals surface area contributed by atoms with Crippen molar-refractivity contribution in [3.05, 3.63) is 41.5 Å². The Morgan fingerprint density at radius 1 is 1.21 bits per heavy atom. The first-order chi connectivity index (χ1) is 9.28. The molecule has 0 saturated heterocycles. The Hall–Kier alpha value is -1.53. The van der Waals surface area contributed by atoms with E-state index in [4.69, 9.17) is 5.26 Å². The van der Waals surface area contributed by atoms with Gasteiger partial charge in [-0.25, -0.2) is 0 Å². The molecule has 1 aliphatic carbocycles. The standard InChI is InChI=1S/C16H17NOS/c17-12-14-8-6-13(7-9-14)10-11-16(18)19-15-4-2-1-3-5-15/h6-11,15H,1-5H2. The van der Waals surface area contributed by atoms with Crippen LogP contribution in [0, 0.1) is 11.3 Å². The van der Waals surface area contributed by atoms with Crippen molar-refractivity contribution in [3.8, 4) is 6.07 Å². The summed E-state index contributed by atoms with van der Waals surface area (Å²) in [6, 6.07) is 9.31. The van der Waals surface area contributed by atoms with Gasteiger partial charge in [0.2, 0.25) is 5.12 Å². The van der Waals surface area contributed by atoms with Crippen LogP contribution >= 0.6 is 11.8 Å². The maximum atomic E-state index is 11.8. The first kappa shape index (κ1) is 13.9. The minimum atomic E-state index is 0.135. The Morgan fingerprint density at radius 2 is 1.89 bits per heavy atom. The van der Waals surface area contributed by atoms with Gasteiger partial charge in [-0.3, -0.25) is 4.79 Å². The van der Waals surface area contributed by atoms with Crippen molar-refractivity contribution < 1.29 is 4.79 Å². The third kappa shape index (κ3) is 4.57. The second kappa shape index (κ2) is 7.16. The fourth-order valence-corrected chi connectivity index (χ4v) is 3.26. The average molecular weight is 271 g/mol. The maximum absolute atomic E-state index is 11.8. The number of carbonyl (C=O) groups is 1. The van der Waals surface area contributed by atoms with Crippen molar-refractivity contribution in [2.75, 3.05) is 0 Å². The van der Waals surface area contributed by atoms with E-state index in [1.54, 1.807) is 18.2 Å². The Bertz CT molecular complexity index is 492. The van der Waals surface area contributed by atoms with Crippen LogP contribution < -0.4 is 0 Å². The van der Waals surface area contributed by atoms with Gasteiger partial charge in [0.25, 0.3) is 0 Å². The van der Waals surface area contributed by atoms with E-state index in [1.165, 1.54) is 43.9 Å². The van der Waals surface area contributed by atoms with Crippen molar-refractivity contribution in [3.63, 3.8) is 0 Å². The lowest BCUT2D eigenvalue weighted by atomic mass is 10.0. The fraction of sp³-hybridized carbons (Fsp3) is 0.375. The van der Waals surface area contributed by atoms with E-state index in [1.807, 2.05) is 18.2 Å². The number of hydrogen-bond acceptors (Lipinski definition) is 3. The number of nitriles is 1. The summed E-state index contributed by atoms with van der Waals surface area (Å²) in [7, 11) is 0. The van der Waals surface area contributed by atoms with Crippen LogP contribution in [-0.2, 0) is 4.79 Å². The minimum absolute atomic E-state index is 0.135. The van der Waals surface area contributed by atoms with Crippen LogP contribution in [0.3, 0.4) is 0 Å². The number of carbonyl (C=O) groups excluding carboxylic acids is 1. The van der Waals surface area contributed by atoms with Gasteiger partial charge >= 0.3 is 0 Å². The molecule has 19 heavy (non-hydrogen) atoms. The minimum Gasteiger partial charge on any atom is -0.282 e. The zero-order valence-corrected chi connectivity index (χ0v) is 11.7. The normalized spacial score (nSPS) is 16.4. The van der Waals surface area contributed by atoms with Crippen LogP contribution in [0.1, 0.15) is 43.2 Å². The molecule has 1 fully saturated rings. The van der Waals surface area contributed by atoms with Crippen LogP contribution in [-0.4, -0.2) is 10.4 Å². The van der Waals surface area contributed by atoms with Crippen molar-refractivity contribution in [1.82, 2.24) is 0 Å². The molecule has 0 radical (unpaired) electrons. The maximum Gasteiger partial charge on any atom is 0.212 e. The van der Waals surface area contributed by atoms with Gasteiger partial charge in [0.05, 0.1) is 11.6 Å². The van der Waals surface area contributed by atoms with Crippen molar-refractivity contribution in [2.24, 2.45) is 0 Å². The molecule has 1 saturated carbocycles. The molecule has 0 amide bonds. The molecule has 2 rings (SSSR count). The molecule has 1 aromatic rings. The molecule has 3 heteroatoms. The highest BCUT2D eigenvalue weighted by Crippen LogP contribution is 2.28. The summed E-state index contributed by atoms with van der Waals surface area (Å²) in [5.74, 6) is 0. The molecule has 1 aliphatic rings. The van der Waals surface area contributed by atoms with E-state index in [2.05, 4.69) is 6.07 Å². The number of benzene rings is 1.